The first kappa shape index (κ1) is 16.2. The van der Waals surface area contributed by atoms with Crippen LogP contribution in [0, 0.1) is 19.8 Å². The highest BCUT2D eigenvalue weighted by molar-refractivity contribution is 5.32. The van der Waals surface area contributed by atoms with Crippen LogP contribution in [0.1, 0.15) is 49.9 Å². The van der Waals surface area contributed by atoms with Crippen molar-refractivity contribution in [1.82, 2.24) is 5.32 Å². The van der Waals surface area contributed by atoms with Crippen molar-refractivity contribution in [3.05, 3.63) is 34.9 Å². The summed E-state index contributed by atoms with van der Waals surface area (Å²) < 4.78 is 5.58. The summed E-state index contributed by atoms with van der Waals surface area (Å²) in [5.74, 6) is 0.627. The molecular weight excluding hydrogens is 234 g/mol. The third-order valence-electron chi connectivity index (χ3n) is 3.26. The highest BCUT2D eigenvalue weighted by Crippen LogP contribution is 2.18. The summed E-state index contributed by atoms with van der Waals surface area (Å²) in [5.41, 5.74) is 4.10. The fourth-order valence-corrected chi connectivity index (χ4v) is 2.23. The van der Waals surface area contributed by atoms with Crippen LogP contribution in [0.5, 0.6) is 0 Å². The van der Waals surface area contributed by atoms with Gasteiger partial charge in [0.05, 0.1) is 0 Å². The Morgan fingerprint density at radius 2 is 1.89 bits per heavy atom. The van der Waals surface area contributed by atoms with Crippen LogP contribution in [-0.4, -0.2) is 19.8 Å². The van der Waals surface area contributed by atoms with Crippen LogP contribution in [0.2, 0.25) is 0 Å². The Balaban J connectivity index is 2.25. The van der Waals surface area contributed by atoms with Gasteiger partial charge in [-0.1, -0.05) is 37.6 Å². The average molecular weight is 263 g/mol. The van der Waals surface area contributed by atoms with E-state index in [1.807, 2.05) is 0 Å². The molecule has 0 aliphatic rings. The van der Waals surface area contributed by atoms with Gasteiger partial charge in [-0.05, 0) is 50.8 Å². The van der Waals surface area contributed by atoms with Crippen LogP contribution in [0.4, 0.5) is 0 Å². The van der Waals surface area contributed by atoms with Gasteiger partial charge in [-0.15, -0.1) is 0 Å². The third kappa shape index (κ3) is 6.22. The molecule has 0 aromatic heterocycles. The molecule has 0 saturated carbocycles. The predicted molar refractivity (Wildman–Crippen MR) is 82.6 cm³/mol. The number of hydrogen-bond donors (Lipinski definition) is 1. The van der Waals surface area contributed by atoms with Crippen LogP contribution in [0.25, 0.3) is 0 Å². The topological polar surface area (TPSA) is 21.3 Å². The lowest BCUT2D eigenvalue weighted by Crippen LogP contribution is -2.22. The van der Waals surface area contributed by atoms with Crippen molar-refractivity contribution >= 4 is 0 Å². The molecule has 0 radical (unpaired) electrons. The second-order valence-electron chi connectivity index (χ2n) is 5.86. The smallest absolute Gasteiger partial charge is 0.0489 e. The van der Waals surface area contributed by atoms with E-state index in [9.17, 15) is 0 Å². The normalized spacial score (nSPS) is 12.9. The molecule has 0 aliphatic heterocycles. The number of benzene rings is 1. The van der Waals surface area contributed by atoms with Gasteiger partial charge < -0.3 is 10.1 Å². The van der Waals surface area contributed by atoms with Crippen LogP contribution in [-0.2, 0) is 4.74 Å². The standard InChI is InChI=1S/C17H29NO/c1-13(2)12-19-10-6-9-18-16(5)17-8-7-14(3)11-15(17)4/h7-8,11,13,16,18H,6,9-10,12H2,1-5H3. The van der Waals surface area contributed by atoms with Gasteiger partial charge in [0.15, 0.2) is 0 Å². The van der Waals surface area contributed by atoms with E-state index in [2.05, 4.69) is 58.1 Å². The lowest BCUT2D eigenvalue weighted by Gasteiger charge is -2.17. The van der Waals surface area contributed by atoms with Crippen molar-refractivity contribution in [3.8, 4) is 0 Å². The van der Waals surface area contributed by atoms with Crippen molar-refractivity contribution in [2.24, 2.45) is 5.92 Å². The van der Waals surface area contributed by atoms with E-state index in [0.29, 0.717) is 12.0 Å². The maximum absolute atomic E-state index is 5.58. The van der Waals surface area contributed by atoms with Crippen molar-refractivity contribution in [2.75, 3.05) is 19.8 Å². The van der Waals surface area contributed by atoms with Gasteiger partial charge in [-0.3, -0.25) is 0 Å². The molecule has 1 atom stereocenters. The van der Waals surface area contributed by atoms with E-state index >= 15 is 0 Å². The van der Waals surface area contributed by atoms with Gasteiger partial charge >= 0.3 is 0 Å². The van der Waals surface area contributed by atoms with Gasteiger partial charge in [0.2, 0.25) is 0 Å². The molecule has 19 heavy (non-hydrogen) atoms. The largest absolute Gasteiger partial charge is 0.381 e. The molecule has 0 aliphatic carbocycles. The number of aryl methyl sites for hydroxylation is 2. The summed E-state index contributed by atoms with van der Waals surface area (Å²) in [4.78, 5) is 0. The highest BCUT2D eigenvalue weighted by Gasteiger charge is 2.07. The van der Waals surface area contributed by atoms with Crippen LogP contribution in [0.15, 0.2) is 18.2 Å². The molecule has 2 nitrogen and oxygen atoms in total. The van der Waals surface area contributed by atoms with E-state index in [1.54, 1.807) is 0 Å². The summed E-state index contributed by atoms with van der Waals surface area (Å²) >= 11 is 0. The van der Waals surface area contributed by atoms with Gasteiger partial charge in [-0.25, -0.2) is 0 Å². The summed E-state index contributed by atoms with van der Waals surface area (Å²) in [5, 5.41) is 3.57. The molecule has 1 N–H and O–H groups in total. The Kier molecular flexibility index (Phi) is 7.11. The SMILES string of the molecule is Cc1ccc(C(C)NCCCOCC(C)C)c(C)c1. The molecule has 1 aromatic rings. The van der Waals surface area contributed by atoms with Gasteiger partial charge in [0, 0.05) is 19.3 Å². The van der Waals surface area contributed by atoms with Gasteiger partial charge in [0.1, 0.15) is 0 Å². The summed E-state index contributed by atoms with van der Waals surface area (Å²) in [7, 11) is 0. The van der Waals surface area contributed by atoms with Crippen molar-refractivity contribution < 1.29 is 4.74 Å². The first-order valence-electron chi connectivity index (χ1n) is 7.39. The minimum absolute atomic E-state index is 0.408. The third-order valence-corrected chi connectivity index (χ3v) is 3.26. The number of ether oxygens (including phenoxy) is 1. The minimum Gasteiger partial charge on any atom is -0.381 e. The van der Waals surface area contributed by atoms with Crippen molar-refractivity contribution in [2.45, 2.75) is 47.1 Å². The zero-order valence-corrected chi connectivity index (χ0v) is 13.1. The fraction of sp³-hybridized carbons (Fsp3) is 0.647. The lowest BCUT2D eigenvalue weighted by molar-refractivity contribution is 0.107. The highest BCUT2D eigenvalue weighted by atomic mass is 16.5. The molecule has 1 aromatic carbocycles. The molecule has 0 bridgehead atoms. The van der Waals surface area contributed by atoms with E-state index in [1.165, 1.54) is 16.7 Å². The van der Waals surface area contributed by atoms with E-state index in [0.717, 1.165) is 26.2 Å². The number of nitrogens with one attached hydrogen (secondary N) is 1. The molecular formula is C17H29NO. The van der Waals surface area contributed by atoms with Gasteiger partial charge in [-0.2, -0.15) is 0 Å². The van der Waals surface area contributed by atoms with Crippen LogP contribution >= 0.6 is 0 Å². The van der Waals surface area contributed by atoms with Gasteiger partial charge in [0.25, 0.3) is 0 Å². The molecule has 2 heteroatoms. The zero-order chi connectivity index (χ0) is 14.3. The average Bonchev–Trinajstić information content (AvgIpc) is 2.32. The summed E-state index contributed by atoms with van der Waals surface area (Å²) in [6.07, 6.45) is 1.07. The molecule has 108 valence electrons. The Morgan fingerprint density at radius 1 is 1.16 bits per heavy atom. The molecule has 1 unspecified atom stereocenters. The summed E-state index contributed by atoms with van der Waals surface area (Å²) in [6.45, 7) is 13.6. The Labute approximate surface area is 118 Å². The number of hydrogen-bond acceptors (Lipinski definition) is 2. The predicted octanol–water partition coefficient (Wildman–Crippen LogP) is 4.02. The van der Waals surface area contributed by atoms with Crippen LogP contribution < -0.4 is 5.32 Å². The first-order valence-corrected chi connectivity index (χ1v) is 7.39. The Morgan fingerprint density at radius 3 is 2.53 bits per heavy atom. The minimum atomic E-state index is 0.408. The van der Waals surface area contributed by atoms with E-state index in [-0.39, 0.29) is 0 Å². The second-order valence-corrected chi connectivity index (χ2v) is 5.86. The maximum atomic E-state index is 5.58. The molecule has 0 spiro atoms. The van der Waals surface area contributed by atoms with E-state index < -0.39 is 0 Å². The van der Waals surface area contributed by atoms with Crippen molar-refractivity contribution in [1.29, 1.82) is 0 Å². The fourth-order valence-electron chi connectivity index (χ4n) is 2.23. The first-order chi connectivity index (χ1) is 9.00. The number of rotatable bonds is 8. The summed E-state index contributed by atoms with van der Waals surface area (Å²) in [6, 6.07) is 7.08. The Bertz CT molecular complexity index is 374. The molecule has 0 fully saturated rings. The molecule has 0 saturated heterocycles. The quantitative estimate of drug-likeness (QED) is 0.715. The van der Waals surface area contributed by atoms with Crippen molar-refractivity contribution in [3.63, 3.8) is 0 Å². The Hall–Kier alpha value is -0.860. The van der Waals surface area contributed by atoms with E-state index in [4.69, 9.17) is 4.74 Å². The molecule has 0 heterocycles. The molecule has 0 amide bonds. The molecule has 1 rings (SSSR count). The maximum Gasteiger partial charge on any atom is 0.0489 e. The zero-order valence-electron chi connectivity index (χ0n) is 13.1. The lowest BCUT2D eigenvalue weighted by atomic mass is 10.0. The van der Waals surface area contributed by atoms with Crippen LogP contribution in [0.3, 0.4) is 0 Å². The second kappa shape index (κ2) is 8.34. The monoisotopic (exact) mass is 263 g/mol.